The first-order valence-electron chi connectivity index (χ1n) is 9.40. The molecular formula is C21H19ClF2N4O3S. The van der Waals surface area contributed by atoms with E-state index in [2.05, 4.69) is 15.6 Å². The van der Waals surface area contributed by atoms with Gasteiger partial charge in [-0.1, -0.05) is 35.5 Å². The molecule has 1 aromatic heterocycles. The van der Waals surface area contributed by atoms with Crippen molar-refractivity contribution in [2.75, 3.05) is 11.1 Å². The van der Waals surface area contributed by atoms with Crippen molar-refractivity contribution in [3.05, 3.63) is 76.6 Å². The van der Waals surface area contributed by atoms with Gasteiger partial charge in [-0.2, -0.15) is 0 Å². The molecule has 168 valence electrons. The molecule has 0 atom stereocenters. The molecule has 0 radical (unpaired) electrons. The fraction of sp³-hybridized carbons (Fsp3) is 0.190. The second-order valence-corrected chi connectivity index (χ2v) is 8.02. The van der Waals surface area contributed by atoms with Crippen LogP contribution in [0.15, 0.2) is 53.8 Å². The number of hydrogen-bond acceptors (Lipinski definition) is 5. The van der Waals surface area contributed by atoms with Crippen LogP contribution in [0.25, 0.3) is 0 Å². The Morgan fingerprint density at radius 2 is 1.88 bits per heavy atom. The number of nitrogens with zero attached hydrogens (tertiary/aromatic N) is 2. The third kappa shape index (κ3) is 6.52. The molecule has 0 saturated heterocycles. The van der Waals surface area contributed by atoms with E-state index >= 15 is 0 Å². The minimum atomic E-state index is -0.884. The second kappa shape index (κ2) is 11.1. The summed E-state index contributed by atoms with van der Waals surface area (Å²) in [7, 11) is 0. The van der Waals surface area contributed by atoms with Crippen molar-refractivity contribution in [3.63, 3.8) is 0 Å². The van der Waals surface area contributed by atoms with Crippen LogP contribution in [0, 0.1) is 11.6 Å². The standard InChI is InChI=1S/C21H19ClF2N4O3S/c22-14-3-1-13(2-4-14)8-25-19(30)10-28-16(11-29)9-26-21(28)32-12-20(31)27-18-6-5-15(23)7-17(18)24/h1-7,9,29H,8,10-12H2,(H,25,30)(H,27,31). The predicted molar refractivity (Wildman–Crippen MR) is 117 cm³/mol. The summed E-state index contributed by atoms with van der Waals surface area (Å²) in [5.74, 6) is -2.61. The third-order valence-corrected chi connectivity index (χ3v) is 5.55. The van der Waals surface area contributed by atoms with E-state index in [0.717, 1.165) is 29.5 Å². The number of nitrogens with one attached hydrogen (secondary N) is 2. The highest BCUT2D eigenvalue weighted by Crippen LogP contribution is 2.20. The number of anilines is 1. The average molecular weight is 481 g/mol. The van der Waals surface area contributed by atoms with Crippen LogP contribution in [0.5, 0.6) is 0 Å². The molecule has 0 fully saturated rings. The van der Waals surface area contributed by atoms with Gasteiger partial charge in [0, 0.05) is 17.6 Å². The Bertz CT molecular complexity index is 1110. The number of rotatable bonds is 9. The van der Waals surface area contributed by atoms with Crippen LogP contribution in [0.2, 0.25) is 5.02 Å². The molecule has 0 spiro atoms. The van der Waals surface area contributed by atoms with Gasteiger partial charge in [0.25, 0.3) is 0 Å². The van der Waals surface area contributed by atoms with Crippen molar-refractivity contribution in [1.82, 2.24) is 14.9 Å². The van der Waals surface area contributed by atoms with Gasteiger partial charge in [-0.3, -0.25) is 9.59 Å². The number of imidazole rings is 1. The largest absolute Gasteiger partial charge is 0.390 e. The zero-order valence-electron chi connectivity index (χ0n) is 16.6. The first-order valence-corrected chi connectivity index (χ1v) is 10.8. The number of aliphatic hydroxyl groups excluding tert-OH is 1. The van der Waals surface area contributed by atoms with Crippen LogP contribution >= 0.6 is 23.4 Å². The molecule has 0 aliphatic carbocycles. The van der Waals surface area contributed by atoms with E-state index in [-0.39, 0.29) is 30.5 Å². The lowest BCUT2D eigenvalue weighted by atomic mass is 10.2. The molecule has 0 bridgehead atoms. The number of carbonyl (C=O) groups is 2. The van der Waals surface area contributed by atoms with E-state index in [1.807, 2.05) is 0 Å². The maximum Gasteiger partial charge on any atom is 0.240 e. The van der Waals surface area contributed by atoms with E-state index in [4.69, 9.17) is 11.6 Å². The maximum absolute atomic E-state index is 13.7. The van der Waals surface area contributed by atoms with Crippen LogP contribution in [-0.2, 0) is 29.3 Å². The summed E-state index contributed by atoms with van der Waals surface area (Å²) in [6, 6.07) is 9.87. The van der Waals surface area contributed by atoms with Crippen LogP contribution in [0.4, 0.5) is 14.5 Å². The summed E-state index contributed by atoms with van der Waals surface area (Å²) in [4.78, 5) is 28.7. The average Bonchev–Trinajstić information content (AvgIpc) is 3.15. The lowest BCUT2D eigenvalue weighted by Crippen LogP contribution is -2.28. The predicted octanol–water partition coefficient (Wildman–Crippen LogP) is 3.35. The minimum absolute atomic E-state index is 0.111. The van der Waals surface area contributed by atoms with Crippen molar-refractivity contribution < 1.29 is 23.5 Å². The summed E-state index contributed by atoms with van der Waals surface area (Å²) in [6.45, 7) is -0.154. The van der Waals surface area contributed by atoms with E-state index in [0.29, 0.717) is 28.5 Å². The summed E-state index contributed by atoms with van der Waals surface area (Å²) in [6.07, 6.45) is 1.41. The van der Waals surface area contributed by atoms with E-state index in [9.17, 15) is 23.5 Å². The highest BCUT2D eigenvalue weighted by molar-refractivity contribution is 7.99. The maximum atomic E-state index is 13.7. The van der Waals surface area contributed by atoms with Crippen molar-refractivity contribution in [1.29, 1.82) is 0 Å². The third-order valence-electron chi connectivity index (χ3n) is 4.31. The molecule has 11 heteroatoms. The summed E-state index contributed by atoms with van der Waals surface area (Å²) in [5, 5.41) is 15.6. The van der Waals surface area contributed by atoms with Crippen molar-refractivity contribution >= 4 is 40.9 Å². The zero-order valence-corrected chi connectivity index (χ0v) is 18.2. The monoisotopic (exact) mass is 480 g/mol. The molecule has 3 rings (SSSR count). The van der Waals surface area contributed by atoms with Crippen molar-refractivity contribution in [3.8, 4) is 0 Å². The molecule has 0 saturated carbocycles. The highest BCUT2D eigenvalue weighted by Gasteiger charge is 2.16. The van der Waals surface area contributed by atoms with E-state index in [1.54, 1.807) is 24.3 Å². The van der Waals surface area contributed by atoms with E-state index < -0.39 is 17.5 Å². The molecule has 7 nitrogen and oxygen atoms in total. The molecule has 3 N–H and O–H groups in total. The number of thioether (sulfide) groups is 1. The van der Waals surface area contributed by atoms with Crippen LogP contribution in [0.3, 0.4) is 0 Å². The molecular weight excluding hydrogens is 462 g/mol. The van der Waals surface area contributed by atoms with Gasteiger partial charge in [-0.15, -0.1) is 0 Å². The quantitative estimate of drug-likeness (QED) is 0.408. The number of carbonyl (C=O) groups excluding carboxylic acids is 2. The van der Waals surface area contributed by atoms with Gasteiger partial charge < -0.3 is 20.3 Å². The van der Waals surface area contributed by atoms with Crippen LogP contribution < -0.4 is 10.6 Å². The van der Waals surface area contributed by atoms with Gasteiger partial charge in [0.1, 0.15) is 18.2 Å². The fourth-order valence-electron chi connectivity index (χ4n) is 2.71. The Hall–Kier alpha value is -2.95. The smallest absolute Gasteiger partial charge is 0.240 e. The number of aromatic nitrogens is 2. The molecule has 0 aliphatic heterocycles. The first kappa shape index (κ1) is 23.7. The molecule has 2 aromatic carbocycles. The number of aliphatic hydroxyl groups is 1. The fourth-order valence-corrected chi connectivity index (χ4v) is 3.64. The van der Waals surface area contributed by atoms with Gasteiger partial charge in [0.2, 0.25) is 11.8 Å². The van der Waals surface area contributed by atoms with Gasteiger partial charge in [0.15, 0.2) is 5.16 Å². The number of benzene rings is 2. The van der Waals surface area contributed by atoms with Gasteiger partial charge in [-0.25, -0.2) is 13.8 Å². The summed E-state index contributed by atoms with van der Waals surface area (Å²) >= 11 is 6.86. The Kier molecular flexibility index (Phi) is 8.20. The van der Waals surface area contributed by atoms with E-state index in [1.165, 1.54) is 10.8 Å². The van der Waals surface area contributed by atoms with Crippen LogP contribution in [0.1, 0.15) is 11.3 Å². The Morgan fingerprint density at radius 1 is 1.12 bits per heavy atom. The lowest BCUT2D eigenvalue weighted by Gasteiger charge is -2.11. The SMILES string of the molecule is O=C(Cn1c(CO)cnc1SCC(=O)Nc1ccc(F)cc1F)NCc1ccc(Cl)cc1. The Labute approximate surface area is 191 Å². The second-order valence-electron chi connectivity index (χ2n) is 6.64. The molecule has 32 heavy (non-hydrogen) atoms. The summed E-state index contributed by atoms with van der Waals surface area (Å²) < 4.78 is 28.2. The minimum Gasteiger partial charge on any atom is -0.390 e. The highest BCUT2D eigenvalue weighted by atomic mass is 35.5. The number of amides is 2. The summed E-state index contributed by atoms with van der Waals surface area (Å²) in [5.41, 5.74) is 1.13. The van der Waals surface area contributed by atoms with Gasteiger partial charge in [0.05, 0.1) is 29.9 Å². The lowest BCUT2D eigenvalue weighted by molar-refractivity contribution is -0.122. The van der Waals surface area contributed by atoms with Crippen molar-refractivity contribution in [2.24, 2.45) is 0 Å². The van der Waals surface area contributed by atoms with Gasteiger partial charge >= 0.3 is 0 Å². The topological polar surface area (TPSA) is 96.2 Å². The van der Waals surface area contributed by atoms with Gasteiger partial charge in [-0.05, 0) is 29.8 Å². The molecule has 3 aromatic rings. The zero-order chi connectivity index (χ0) is 23.1. The molecule has 0 aliphatic rings. The Balaban J connectivity index is 1.58. The first-order chi connectivity index (χ1) is 15.4. The van der Waals surface area contributed by atoms with Crippen LogP contribution in [-0.4, -0.2) is 32.2 Å². The normalized spacial score (nSPS) is 10.8. The number of hydrogen-bond donors (Lipinski definition) is 3. The molecule has 2 amide bonds. The molecule has 1 heterocycles. The molecule has 0 unspecified atom stereocenters. The van der Waals surface area contributed by atoms with Crippen molar-refractivity contribution in [2.45, 2.75) is 24.9 Å². The number of halogens is 3. The Morgan fingerprint density at radius 3 is 2.56 bits per heavy atom.